The van der Waals surface area contributed by atoms with Gasteiger partial charge in [-0.25, -0.2) is 0 Å². The molecule has 0 amide bonds. The second-order valence-electron chi connectivity index (χ2n) is 5.39. The summed E-state index contributed by atoms with van der Waals surface area (Å²) >= 11 is 7.70. The molecule has 22 heavy (non-hydrogen) atoms. The number of rotatable bonds is 6. The van der Waals surface area contributed by atoms with Crippen LogP contribution in [0.3, 0.4) is 0 Å². The van der Waals surface area contributed by atoms with Crippen LogP contribution in [0.15, 0.2) is 34.2 Å². The third kappa shape index (κ3) is 5.71. The number of nitrogens with one attached hydrogen (secondary N) is 1. The maximum absolute atomic E-state index is 5.89. The highest BCUT2D eigenvalue weighted by Crippen LogP contribution is 2.19. The standard InChI is InChI=1S/C16H24ClN3OS/c1-18-16(20(2)11-13-7-9-21-12-13)19-8-10-22-15-5-3-14(17)4-6-15/h3-6,13H,7-12H2,1-2H3,(H,18,19). The molecule has 1 aliphatic heterocycles. The fourth-order valence-corrected chi connectivity index (χ4v) is 3.34. The van der Waals surface area contributed by atoms with E-state index in [1.165, 1.54) is 4.90 Å². The molecule has 1 saturated heterocycles. The van der Waals surface area contributed by atoms with Gasteiger partial charge in [-0.05, 0) is 30.7 Å². The van der Waals surface area contributed by atoms with Crippen molar-refractivity contribution in [2.24, 2.45) is 10.9 Å². The van der Waals surface area contributed by atoms with Gasteiger partial charge in [0.2, 0.25) is 0 Å². The lowest BCUT2D eigenvalue weighted by Crippen LogP contribution is -2.42. The van der Waals surface area contributed by atoms with E-state index in [1.807, 2.05) is 43.1 Å². The number of thioether (sulfide) groups is 1. The number of benzene rings is 1. The van der Waals surface area contributed by atoms with Crippen molar-refractivity contribution in [1.29, 1.82) is 0 Å². The second-order valence-corrected chi connectivity index (χ2v) is 6.99. The quantitative estimate of drug-likeness (QED) is 0.373. The summed E-state index contributed by atoms with van der Waals surface area (Å²) in [7, 11) is 3.91. The highest BCUT2D eigenvalue weighted by Gasteiger charge is 2.18. The molecule has 6 heteroatoms. The monoisotopic (exact) mass is 341 g/mol. The van der Waals surface area contributed by atoms with Crippen LogP contribution in [-0.4, -0.2) is 57.0 Å². The maximum Gasteiger partial charge on any atom is 0.193 e. The molecule has 122 valence electrons. The second kappa shape index (κ2) is 9.28. The van der Waals surface area contributed by atoms with E-state index >= 15 is 0 Å². The molecule has 0 aliphatic carbocycles. The Kier molecular flexibility index (Phi) is 7.36. The number of ether oxygens (including phenoxy) is 1. The van der Waals surface area contributed by atoms with Gasteiger partial charge in [0.05, 0.1) is 6.61 Å². The van der Waals surface area contributed by atoms with Crippen molar-refractivity contribution >= 4 is 29.3 Å². The summed E-state index contributed by atoms with van der Waals surface area (Å²) in [4.78, 5) is 7.77. The lowest BCUT2D eigenvalue weighted by molar-refractivity contribution is 0.181. The summed E-state index contributed by atoms with van der Waals surface area (Å²) in [6, 6.07) is 7.95. The van der Waals surface area contributed by atoms with Gasteiger partial charge in [-0.3, -0.25) is 4.99 Å². The number of hydrogen-bond acceptors (Lipinski definition) is 3. The molecule has 1 fully saturated rings. The first-order chi connectivity index (χ1) is 10.7. The van der Waals surface area contributed by atoms with E-state index < -0.39 is 0 Å². The van der Waals surface area contributed by atoms with Gasteiger partial charge in [-0.1, -0.05) is 11.6 Å². The van der Waals surface area contributed by atoms with E-state index in [0.717, 1.165) is 49.5 Å². The highest BCUT2D eigenvalue weighted by atomic mass is 35.5. The predicted molar refractivity (Wildman–Crippen MR) is 95.1 cm³/mol. The molecule has 1 unspecified atom stereocenters. The first-order valence-electron chi connectivity index (χ1n) is 7.57. The van der Waals surface area contributed by atoms with E-state index in [1.54, 1.807) is 0 Å². The van der Waals surface area contributed by atoms with Crippen LogP contribution in [0.5, 0.6) is 0 Å². The number of nitrogens with zero attached hydrogens (tertiary/aromatic N) is 2. The van der Waals surface area contributed by atoms with Crippen molar-refractivity contribution < 1.29 is 4.74 Å². The van der Waals surface area contributed by atoms with E-state index in [4.69, 9.17) is 16.3 Å². The molecule has 0 radical (unpaired) electrons. The van der Waals surface area contributed by atoms with Crippen molar-refractivity contribution in [2.75, 3.05) is 46.2 Å². The number of hydrogen-bond donors (Lipinski definition) is 1. The molecule has 0 aromatic heterocycles. The van der Waals surface area contributed by atoms with Crippen LogP contribution in [0.2, 0.25) is 5.02 Å². The Bertz CT molecular complexity index is 475. The summed E-state index contributed by atoms with van der Waals surface area (Å²) < 4.78 is 5.43. The third-order valence-electron chi connectivity index (χ3n) is 3.60. The lowest BCUT2D eigenvalue weighted by Gasteiger charge is -2.24. The molecular formula is C16H24ClN3OS. The molecule has 0 spiro atoms. The van der Waals surface area contributed by atoms with E-state index in [0.29, 0.717) is 5.92 Å². The van der Waals surface area contributed by atoms with Crippen molar-refractivity contribution in [2.45, 2.75) is 11.3 Å². The molecule has 1 aliphatic rings. The van der Waals surface area contributed by atoms with Gasteiger partial charge in [0.25, 0.3) is 0 Å². The largest absolute Gasteiger partial charge is 0.381 e. The summed E-state index contributed by atoms with van der Waals surface area (Å²) in [5.74, 6) is 2.55. The van der Waals surface area contributed by atoms with Crippen LogP contribution in [0.1, 0.15) is 6.42 Å². The van der Waals surface area contributed by atoms with Gasteiger partial charge < -0.3 is 15.0 Å². The smallest absolute Gasteiger partial charge is 0.193 e. The minimum atomic E-state index is 0.618. The molecular weight excluding hydrogens is 318 g/mol. The average molecular weight is 342 g/mol. The van der Waals surface area contributed by atoms with Crippen LogP contribution in [0.25, 0.3) is 0 Å². The summed E-state index contributed by atoms with van der Waals surface area (Å²) in [5.41, 5.74) is 0. The number of aliphatic imine (C=N–C) groups is 1. The van der Waals surface area contributed by atoms with Crippen molar-refractivity contribution in [3.8, 4) is 0 Å². The number of guanidine groups is 1. The number of halogens is 1. The van der Waals surface area contributed by atoms with Crippen molar-refractivity contribution in [3.05, 3.63) is 29.3 Å². The van der Waals surface area contributed by atoms with Gasteiger partial charge in [-0.2, -0.15) is 0 Å². The molecule has 1 N–H and O–H groups in total. The fourth-order valence-electron chi connectivity index (χ4n) is 2.45. The molecule has 4 nitrogen and oxygen atoms in total. The van der Waals surface area contributed by atoms with E-state index in [-0.39, 0.29) is 0 Å². The van der Waals surface area contributed by atoms with Crippen LogP contribution in [-0.2, 0) is 4.74 Å². The summed E-state index contributed by atoms with van der Waals surface area (Å²) in [6.45, 7) is 3.63. The van der Waals surface area contributed by atoms with Crippen molar-refractivity contribution in [1.82, 2.24) is 10.2 Å². The minimum absolute atomic E-state index is 0.618. The molecule has 1 heterocycles. The first-order valence-corrected chi connectivity index (χ1v) is 8.93. The Morgan fingerprint density at radius 3 is 2.86 bits per heavy atom. The minimum Gasteiger partial charge on any atom is -0.381 e. The summed E-state index contributed by atoms with van der Waals surface area (Å²) in [5, 5.41) is 4.19. The molecule has 0 saturated carbocycles. The molecule has 2 rings (SSSR count). The third-order valence-corrected chi connectivity index (χ3v) is 4.86. The Morgan fingerprint density at radius 1 is 1.45 bits per heavy atom. The van der Waals surface area contributed by atoms with Gasteiger partial charge in [0.1, 0.15) is 0 Å². The molecule has 1 aromatic carbocycles. The Hall–Kier alpha value is -0.910. The van der Waals surface area contributed by atoms with E-state index in [9.17, 15) is 0 Å². The SMILES string of the molecule is CN=C(NCCSc1ccc(Cl)cc1)N(C)CC1CCOC1. The zero-order valence-corrected chi connectivity index (χ0v) is 14.8. The Labute approximate surface area is 142 Å². The van der Waals surface area contributed by atoms with Gasteiger partial charge in [0.15, 0.2) is 5.96 Å². The fraction of sp³-hybridized carbons (Fsp3) is 0.562. The van der Waals surface area contributed by atoms with Gasteiger partial charge >= 0.3 is 0 Å². The first kappa shape index (κ1) is 17.4. The summed E-state index contributed by atoms with van der Waals surface area (Å²) in [6.07, 6.45) is 1.15. The average Bonchev–Trinajstić information content (AvgIpc) is 3.02. The molecule has 1 aromatic rings. The Morgan fingerprint density at radius 2 is 2.23 bits per heavy atom. The zero-order valence-electron chi connectivity index (χ0n) is 13.2. The van der Waals surface area contributed by atoms with Crippen LogP contribution in [0, 0.1) is 5.92 Å². The van der Waals surface area contributed by atoms with Gasteiger partial charge in [0, 0.05) is 55.4 Å². The predicted octanol–water partition coefficient (Wildman–Crippen LogP) is 2.98. The van der Waals surface area contributed by atoms with Crippen LogP contribution >= 0.6 is 23.4 Å². The molecule has 1 atom stereocenters. The highest BCUT2D eigenvalue weighted by molar-refractivity contribution is 7.99. The lowest BCUT2D eigenvalue weighted by atomic mass is 10.1. The van der Waals surface area contributed by atoms with Crippen LogP contribution < -0.4 is 5.32 Å². The van der Waals surface area contributed by atoms with Crippen LogP contribution in [0.4, 0.5) is 0 Å². The van der Waals surface area contributed by atoms with E-state index in [2.05, 4.69) is 22.3 Å². The van der Waals surface area contributed by atoms with Gasteiger partial charge in [-0.15, -0.1) is 11.8 Å². The topological polar surface area (TPSA) is 36.9 Å². The normalized spacial score (nSPS) is 18.5. The Balaban J connectivity index is 1.68. The van der Waals surface area contributed by atoms with Crippen molar-refractivity contribution in [3.63, 3.8) is 0 Å². The maximum atomic E-state index is 5.89. The molecule has 0 bridgehead atoms. The zero-order chi connectivity index (χ0) is 15.8.